The third kappa shape index (κ3) is 2.29. The Hall–Kier alpha value is -1.87. The van der Waals surface area contributed by atoms with Gasteiger partial charge in [0.1, 0.15) is 0 Å². The number of aromatic carboxylic acids is 1. The van der Waals surface area contributed by atoms with Crippen LogP contribution in [0.5, 0.6) is 0 Å². The maximum absolute atomic E-state index is 11.2. The zero-order valence-corrected chi connectivity index (χ0v) is 9.90. The summed E-state index contributed by atoms with van der Waals surface area (Å²) >= 11 is 5.92. The van der Waals surface area contributed by atoms with Gasteiger partial charge in [0.25, 0.3) is 0 Å². The Morgan fingerprint density at radius 3 is 2.71 bits per heavy atom. The molecule has 2 rings (SSSR count). The van der Waals surface area contributed by atoms with Crippen LogP contribution in [0.1, 0.15) is 15.9 Å². The molecule has 17 heavy (non-hydrogen) atoms. The van der Waals surface area contributed by atoms with Gasteiger partial charge in [-0.1, -0.05) is 11.6 Å². The fraction of sp³-hybridized carbons (Fsp3) is 0.0769. The SMILES string of the molecule is Cc1cnccc1-c1cc(Cl)ccc1C(=O)O. The number of aryl methyl sites for hydroxylation is 1. The molecule has 0 aliphatic rings. The molecule has 0 aliphatic carbocycles. The van der Waals surface area contributed by atoms with E-state index in [0.717, 1.165) is 11.1 Å². The zero-order chi connectivity index (χ0) is 12.4. The average Bonchev–Trinajstić information content (AvgIpc) is 2.29. The molecule has 1 heterocycles. The minimum absolute atomic E-state index is 0.240. The van der Waals surface area contributed by atoms with Crippen molar-refractivity contribution in [1.82, 2.24) is 4.98 Å². The van der Waals surface area contributed by atoms with Crippen LogP contribution in [-0.2, 0) is 0 Å². The predicted molar refractivity (Wildman–Crippen MR) is 66.4 cm³/mol. The van der Waals surface area contributed by atoms with Gasteiger partial charge >= 0.3 is 5.97 Å². The smallest absolute Gasteiger partial charge is 0.336 e. The molecule has 1 N–H and O–H groups in total. The molecule has 0 fully saturated rings. The molecular weight excluding hydrogens is 238 g/mol. The molecule has 0 amide bonds. The number of nitrogens with zero attached hydrogens (tertiary/aromatic N) is 1. The van der Waals surface area contributed by atoms with E-state index in [0.29, 0.717) is 10.6 Å². The fourth-order valence-electron chi connectivity index (χ4n) is 1.70. The third-order valence-corrected chi connectivity index (χ3v) is 2.76. The first kappa shape index (κ1) is 11.6. The summed E-state index contributed by atoms with van der Waals surface area (Å²) in [6.07, 6.45) is 3.33. The van der Waals surface area contributed by atoms with E-state index >= 15 is 0 Å². The predicted octanol–water partition coefficient (Wildman–Crippen LogP) is 3.41. The van der Waals surface area contributed by atoms with Gasteiger partial charge < -0.3 is 5.11 Å². The summed E-state index contributed by atoms with van der Waals surface area (Å²) in [4.78, 5) is 15.1. The van der Waals surface area contributed by atoms with Crippen LogP contribution in [-0.4, -0.2) is 16.1 Å². The molecule has 0 spiro atoms. The molecule has 0 atom stereocenters. The second kappa shape index (κ2) is 4.55. The van der Waals surface area contributed by atoms with E-state index in [9.17, 15) is 4.79 Å². The van der Waals surface area contributed by atoms with Gasteiger partial charge in [-0.2, -0.15) is 0 Å². The third-order valence-electron chi connectivity index (χ3n) is 2.52. The summed E-state index contributed by atoms with van der Waals surface area (Å²) in [5, 5.41) is 9.67. The normalized spacial score (nSPS) is 10.2. The highest BCUT2D eigenvalue weighted by atomic mass is 35.5. The van der Waals surface area contributed by atoms with Crippen molar-refractivity contribution in [2.45, 2.75) is 6.92 Å². The highest BCUT2D eigenvalue weighted by Crippen LogP contribution is 2.29. The maximum atomic E-state index is 11.2. The Kier molecular flexibility index (Phi) is 3.11. The molecule has 1 aromatic carbocycles. The van der Waals surface area contributed by atoms with E-state index in [1.807, 2.05) is 6.92 Å². The number of pyridine rings is 1. The topological polar surface area (TPSA) is 50.2 Å². The van der Waals surface area contributed by atoms with E-state index in [1.54, 1.807) is 30.6 Å². The molecule has 0 unspecified atom stereocenters. The highest BCUT2D eigenvalue weighted by molar-refractivity contribution is 6.31. The van der Waals surface area contributed by atoms with Crippen LogP contribution in [0.3, 0.4) is 0 Å². The molecule has 86 valence electrons. The second-order valence-electron chi connectivity index (χ2n) is 3.69. The molecule has 0 saturated carbocycles. The van der Waals surface area contributed by atoms with Crippen LogP contribution in [0.4, 0.5) is 0 Å². The molecule has 1 aromatic heterocycles. The maximum Gasteiger partial charge on any atom is 0.336 e. The Balaban J connectivity index is 2.70. The van der Waals surface area contributed by atoms with E-state index in [1.165, 1.54) is 6.07 Å². The lowest BCUT2D eigenvalue weighted by Gasteiger charge is -2.09. The van der Waals surface area contributed by atoms with Crippen LogP contribution in [0, 0.1) is 6.92 Å². The van der Waals surface area contributed by atoms with Gasteiger partial charge in [-0.15, -0.1) is 0 Å². The Morgan fingerprint density at radius 2 is 2.06 bits per heavy atom. The number of rotatable bonds is 2. The zero-order valence-electron chi connectivity index (χ0n) is 9.14. The molecule has 0 radical (unpaired) electrons. The minimum Gasteiger partial charge on any atom is -0.478 e. The van der Waals surface area contributed by atoms with Crippen molar-refractivity contribution < 1.29 is 9.90 Å². The van der Waals surface area contributed by atoms with Gasteiger partial charge in [-0.25, -0.2) is 4.79 Å². The summed E-state index contributed by atoms with van der Waals surface area (Å²) in [6, 6.07) is 6.53. The summed E-state index contributed by atoms with van der Waals surface area (Å²) in [7, 11) is 0. The quantitative estimate of drug-likeness (QED) is 0.885. The molecule has 3 nitrogen and oxygen atoms in total. The standard InChI is InChI=1S/C13H10ClNO2/c1-8-7-15-5-4-10(8)12-6-9(14)2-3-11(12)13(16)17/h2-7H,1H3,(H,16,17). The van der Waals surface area contributed by atoms with Gasteiger partial charge in [0, 0.05) is 17.4 Å². The Bertz CT molecular complexity index is 581. The van der Waals surface area contributed by atoms with Crippen LogP contribution in [0.2, 0.25) is 5.02 Å². The minimum atomic E-state index is -0.965. The number of hydrogen-bond acceptors (Lipinski definition) is 2. The molecule has 0 bridgehead atoms. The molecule has 4 heteroatoms. The van der Waals surface area contributed by atoms with E-state index in [2.05, 4.69) is 4.98 Å². The van der Waals surface area contributed by atoms with Gasteiger partial charge in [-0.05, 0) is 47.9 Å². The lowest BCUT2D eigenvalue weighted by Crippen LogP contribution is -2.00. The summed E-state index contributed by atoms with van der Waals surface area (Å²) < 4.78 is 0. The largest absolute Gasteiger partial charge is 0.478 e. The van der Waals surface area contributed by atoms with Gasteiger partial charge in [-0.3, -0.25) is 4.98 Å². The molecular formula is C13H10ClNO2. The lowest BCUT2D eigenvalue weighted by molar-refractivity contribution is 0.0698. The number of aromatic nitrogens is 1. The summed E-state index contributed by atoms with van der Waals surface area (Å²) in [5.41, 5.74) is 2.60. The van der Waals surface area contributed by atoms with Crippen LogP contribution in [0.15, 0.2) is 36.7 Å². The first-order valence-corrected chi connectivity index (χ1v) is 5.41. The first-order valence-electron chi connectivity index (χ1n) is 5.03. The summed E-state index contributed by atoms with van der Waals surface area (Å²) in [6.45, 7) is 1.88. The Labute approximate surface area is 104 Å². The van der Waals surface area contributed by atoms with Crippen molar-refractivity contribution in [2.75, 3.05) is 0 Å². The molecule has 0 aliphatic heterocycles. The van der Waals surface area contributed by atoms with Crippen molar-refractivity contribution in [3.05, 3.63) is 52.8 Å². The first-order chi connectivity index (χ1) is 8.09. The number of carboxylic acids is 1. The number of hydrogen-bond donors (Lipinski definition) is 1. The van der Waals surface area contributed by atoms with Gasteiger partial charge in [0.2, 0.25) is 0 Å². The Morgan fingerprint density at radius 1 is 1.29 bits per heavy atom. The van der Waals surface area contributed by atoms with Crippen molar-refractivity contribution in [3.8, 4) is 11.1 Å². The monoisotopic (exact) mass is 247 g/mol. The van der Waals surface area contributed by atoms with Gasteiger partial charge in [0.05, 0.1) is 5.56 Å². The van der Waals surface area contributed by atoms with Crippen molar-refractivity contribution in [1.29, 1.82) is 0 Å². The van der Waals surface area contributed by atoms with Gasteiger partial charge in [0.15, 0.2) is 0 Å². The van der Waals surface area contributed by atoms with E-state index in [-0.39, 0.29) is 5.56 Å². The summed E-state index contributed by atoms with van der Waals surface area (Å²) in [5.74, 6) is -0.965. The number of carboxylic acid groups (broad SMARTS) is 1. The van der Waals surface area contributed by atoms with Crippen LogP contribution >= 0.6 is 11.6 Å². The number of benzene rings is 1. The van der Waals surface area contributed by atoms with E-state index < -0.39 is 5.97 Å². The van der Waals surface area contributed by atoms with Crippen molar-refractivity contribution in [2.24, 2.45) is 0 Å². The number of carbonyl (C=O) groups is 1. The number of halogens is 1. The fourth-order valence-corrected chi connectivity index (χ4v) is 1.87. The highest BCUT2D eigenvalue weighted by Gasteiger charge is 2.13. The van der Waals surface area contributed by atoms with Crippen molar-refractivity contribution >= 4 is 17.6 Å². The van der Waals surface area contributed by atoms with Crippen molar-refractivity contribution in [3.63, 3.8) is 0 Å². The molecule has 0 saturated heterocycles. The van der Waals surface area contributed by atoms with E-state index in [4.69, 9.17) is 16.7 Å². The average molecular weight is 248 g/mol. The van der Waals surface area contributed by atoms with Crippen LogP contribution in [0.25, 0.3) is 11.1 Å². The van der Waals surface area contributed by atoms with Crippen LogP contribution < -0.4 is 0 Å². The second-order valence-corrected chi connectivity index (χ2v) is 4.12. The lowest BCUT2D eigenvalue weighted by atomic mass is 9.97. The molecule has 2 aromatic rings.